The van der Waals surface area contributed by atoms with Crippen LogP contribution in [0.4, 0.5) is 30.1 Å². The lowest BCUT2D eigenvalue weighted by Crippen LogP contribution is -2.58. The van der Waals surface area contributed by atoms with Crippen LogP contribution in [0, 0.1) is 5.82 Å². The van der Waals surface area contributed by atoms with E-state index < -0.39 is 24.0 Å². The van der Waals surface area contributed by atoms with Gasteiger partial charge in [-0.3, -0.25) is 9.69 Å². The Hall–Kier alpha value is -6.06. The van der Waals surface area contributed by atoms with Crippen LogP contribution in [0.3, 0.4) is 0 Å². The number of ether oxygens (including phenoxy) is 3. The summed E-state index contributed by atoms with van der Waals surface area (Å²) >= 11 is 0. The van der Waals surface area contributed by atoms with Crippen molar-refractivity contribution in [3.8, 4) is 11.5 Å². The van der Waals surface area contributed by atoms with Gasteiger partial charge in [0.1, 0.15) is 17.3 Å². The third-order valence-corrected chi connectivity index (χ3v) is 9.28. The van der Waals surface area contributed by atoms with E-state index in [-0.39, 0.29) is 26.3 Å². The van der Waals surface area contributed by atoms with Gasteiger partial charge in [0.15, 0.2) is 5.82 Å². The van der Waals surface area contributed by atoms with Crippen molar-refractivity contribution in [2.24, 2.45) is 0 Å². The molecule has 1 unspecified atom stereocenters. The van der Waals surface area contributed by atoms with Gasteiger partial charge in [0.2, 0.25) is 0 Å². The molecule has 3 heterocycles. The van der Waals surface area contributed by atoms with Crippen LogP contribution >= 0.6 is 0 Å². The average molecular weight is 721 g/mol. The van der Waals surface area contributed by atoms with Crippen LogP contribution in [0.2, 0.25) is 0 Å². The lowest BCUT2D eigenvalue weighted by Gasteiger charge is -2.40. The SMILES string of the molecule is COC(=O)N[C@H]1CCN(C(=O)N2CCN(n3c(C(C)N(C(=O)Nc4ccc(F)cc4)c4ccc(OC)cc4OC)nc4ccccc4c3=O)CC2)C1.[HH].[HH]. The van der Waals surface area contributed by atoms with Crippen LogP contribution < -0.4 is 35.6 Å². The maximum atomic E-state index is 14.3. The van der Waals surface area contributed by atoms with Gasteiger partial charge in [-0.25, -0.2) is 28.4 Å². The van der Waals surface area contributed by atoms with E-state index in [1.807, 2.05) is 5.01 Å². The molecule has 0 aliphatic carbocycles. The van der Waals surface area contributed by atoms with Crippen LogP contribution in [0.1, 0.15) is 28.1 Å². The zero-order valence-corrected chi connectivity index (χ0v) is 29.4. The highest BCUT2D eigenvalue weighted by atomic mass is 19.1. The molecular formula is C36H45FN8O7. The van der Waals surface area contributed by atoms with E-state index >= 15 is 0 Å². The first-order valence-corrected chi connectivity index (χ1v) is 16.8. The lowest BCUT2D eigenvalue weighted by atomic mass is 10.1. The molecule has 2 aliphatic rings. The number of fused-ring (bicyclic) bond motifs is 1. The summed E-state index contributed by atoms with van der Waals surface area (Å²) in [5, 5.41) is 7.82. The number of carbonyl (C=O) groups excluding carboxylic acids is 3. The number of methoxy groups -OCH3 is 3. The van der Waals surface area contributed by atoms with Crippen molar-refractivity contribution in [1.29, 1.82) is 0 Å². The highest BCUT2D eigenvalue weighted by Crippen LogP contribution is 2.37. The number of alkyl carbamates (subject to hydrolysis) is 1. The molecule has 16 heteroatoms. The van der Waals surface area contributed by atoms with E-state index in [9.17, 15) is 23.6 Å². The van der Waals surface area contributed by atoms with Crippen LogP contribution in [0.15, 0.2) is 71.5 Å². The van der Waals surface area contributed by atoms with Gasteiger partial charge in [0, 0.05) is 40.8 Å². The third-order valence-electron chi connectivity index (χ3n) is 9.28. The normalized spacial score (nSPS) is 16.3. The highest BCUT2D eigenvalue weighted by molar-refractivity contribution is 6.03. The number of rotatable bonds is 8. The third kappa shape index (κ3) is 7.36. The average Bonchev–Trinajstić information content (AvgIpc) is 3.63. The fourth-order valence-electron chi connectivity index (χ4n) is 6.56. The molecule has 2 fully saturated rings. The van der Waals surface area contributed by atoms with Gasteiger partial charge in [0.25, 0.3) is 5.56 Å². The molecular weight excluding hydrogens is 675 g/mol. The summed E-state index contributed by atoms with van der Waals surface area (Å²) in [5.74, 6) is 0.649. The van der Waals surface area contributed by atoms with E-state index in [1.165, 1.54) is 55.2 Å². The Kier molecular flexibility index (Phi) is 10.6. The number of hydrogen-bond donors (Lipinski definition) is 2. The topological polar surface area (TPSA) is 151 Å². The molecule has 0 bridgehead atoms. The van der Waals surface area contributed by atoms with Crippen molar-refractivity contribution < 1.29 is 35.8 Å². The van der Waals surface area contributed by atoms with Crippen molar-refractivity contribution in [2.75, 3.05) is 75.8 Å². The number of nitrogens with one attached hydrogen (secondary N) is 2. The minimum absolute atomic E-state index is 0. The number of aromatic nitrogens is 2. The van der Waals surface area contributed by atoms with Crippen molar-refractivity contribution in [3.63, 3.8) is 0 Å². The van der Waals surface area contributed by atoms with E-state index in [2.05, 4.69) is 10.6 Å². The fraction of sp³-hybridized carbons (Fsp3) is 0.361. The Morgan fingerprint density at radius 1 is 0.942 bits per heavy atom. The van der Waals surface area contributed by atoms with Crippen molar-refractivity contribution in [1.82, 2.24) is 24.8 Å². The molecule has 0 spiro atoms. The molecule has 0 radical (unpaired) electrons. The lowest BCUT2D eigenvalue weighted by molar-refractivity contribution is 0.152. The van der Waals surface area contributed by atoms with Crippen molar-refractivity contribution >= 4 is 40.4 Å². The number of amides is 5. The van der Waals surface area contributed by atoms with Crippen LogP contribution in [-0.2, 0) is 4.74 Å². The van der Waals surface area contributed by atoms with E-state index in [0.29, 0.717) is 79.5 Å². The molecule has 2 atom stereocenters. The van der Waals surface area contributed by atoms with Gasteiger partial charge >= 0.3 is 18.2 Å². The first-order valence-electron chi connectivity index (χ1n) is 16.8. The highest BCUT2D eigenvalue weighted by Gasteiger charge is 2.35. The number of carbonyl (C=O) groups is 3. The number of piperazine rings is 1. The van der Waals surface area contributed by atoms with Gasteiger partial charge in [-0.2, -0.15) is 0 Å². The first kappa shape index (κ1) is 35.8. The summed E-state index contributed by atoms with van der Waals surface area (Å²) in [6, 6.07) is 15.6. The van der Waals surface area contributed by atoms with Gasteiger partial charge in [0.05, 0.1) is 63.1 Å². The molecule has 0 saturated carbocycles. The van der Waals surface area contributed by atoms with Gasteiger partial charge in [-0.05, 0) is 61.9 Å². The van der Waals surface area contributed by atoms with Gasteiger partial charge in [-0.1, -0.05) is 12.1 Å². The molecule has 2 N–H and O–H groups in total. The summed E-state index contributed by atoms with van der Waals surface area (Å²) in [4.78, 5) is 63.5. The second-order valence-corrected chi connectivity index (χ2v) is 12.4. The summed E-state index contributed by atoms with van der Waals surface area (Å²) in [7, 11) is 4.29. The van der Waals surface area contributed by atoms with Crippen molar-refractivity contribution in [3.05, 3.63) is 88.7 Å². The molecule has 3 aromatic carbocycles. The standard InChI is InChI=1S/C36H41FN8O7.2H2/c1-23(44(30-14-13-27(50-2)21-31(30)51-3)34(47)38-25-11-9-24(37)10-12-25)32-40-29-8-6-5-7-28(29)33(46)45(32)43-19-17-41(18-20-43)36(49)42-16-15-26(22-42)39-35(48)52-4;;/h5-14,21,23,26H,15-20,22H2,1-4H3,(H,38,47)(H,39,48);2*1H/t23?,26-;;/m0../s1. The number of nitrogens with zero attached hydrogens (tertiary/aromatic N) is 6. The molecule has 2 aliphatic heterocycles. The molecule has 2 saturated heterocycles. The maximum Gasteiger partial charge on any atom is 0.407 e. The van der Waals surface area contributed by atoms with E-state index in [4.69, 9.17) is 19.2 Å². The molecule has 52 heavy (non-hydrogen) atoms. The predicted octanol–water partition coefficient (Wildman–Crippen LogP) is 4.65. The second-order valence-electron chi connectivity index (χ2n) is 12.4. The molecule has 6 rings (SSSR count). The first-order chi connectivity index (χ1) is 25.1. The molecule has 5 amide bonds. The molecule has 278 valence electrons. The Labute approximate surface area is 302 Å². The number of urea groups is 2. The number of para-hydroxylation sites is 1. The minimum atomic E-state index is -0.872. The number of benzene rings is 3. The van der Waals surface area contributed by atoms with Crippen LogP contribution in [0.25, 0.3) is 10.9 Å². The number of anilines is 2. The number of halogens is 1. The van der Waals surface area contributed by atoms with Crippen LogP contribution in [-0.4, -0.2) is 104 Å². The van der Waals surface area contributed by atoms with Crippen molar-refractivity contribution in [2.45, 2.75) is 25.4 Å². The molecule has 4 aromatic rings. The summed E-state index contributed by atoms with van der Waals surface area (Å²) in [5.41, 5.74) is 0.838. The zero-order chi connectivity index (χ0) is 36.9. The quantitative estimate of drug-likeness (QED) is 0.265. The van der Waals surface area contributed by atoms with E-state index in [0.717, 1.165) is 0 Å². The van der Waals surface area contributed by atoms with E-state index in [1.54, 1.807) is 59.2 Å². The Morgan fingerprint density at radius 3 is 2.37 bits per heavy atom. The summed E-state index contributed by atoms with van der Waals surface area (Å²) < 4.78 is 31.0. The smallest absolute Gasteiger partial charge is 0.407 e. The summed E-state index contributed by atoms with van der Waals surface area (Å²) in [6.45, 7) is 3.86. The second kappa shape index (κ2) is 15.4. The van der Waals surface area contributed by atoms with Gasteiger partial charge < -0.3 is 39.7 Å². The monoisotopic (exact) mass is 720 g/mol. The maximum absolute atomic E-state index is 14.3. The minimum Gasteiger partial charge on any atom is -0.497 e. The zero-order valence-electron chi connectivity index (χ0n) is 29.4. The number of likely N-dealkylation sites (tertiary alicyclic amines) is 1. The molecule has 1 aromatic heterocycles. The fourth-order valence-corrected chi connectivity index (χ4v) is 6.56. The predicted molar refractivity (Wildman–Crippen MR) is 197 cm³/mol. The Morgan fingerprint density at radius 2 is 1.67 bits per heavy atom. The summed E-state index contributed by atoms with van der Waals surface area (Å²) in [6.07, 6.45) is 0.0778. The number of hydrogen-bond acceptors (Lipinski definition) is 9. The van der Waals surface area contributed by atoms with Gasteiger partial charge in [-0.15, -0.1) is 0 Å². The largest absolute Gasteiger partial charge is 0.497 e. The van der Waals surface area contributed by atoms with Crippen LogP contribution in [0.5, 0.6) is 11.5 Å². The molecule has 15 nitrogen and oxygen atoms in total. The Balaban J connectivity index is 0.00000325. The Bertz CT molecular complexity index is 2010.